The quantitative estimate of drug-likeness (QED) is 0.243. The number of nitrogens with zero attached hydrogens (tertiary/aromatic N) is 1. The fourth-order valence-corrected chi connectivity index (χ4v) is 4.05. The third-order valence-electron chi connectivity index (χ3n) is 6.19. The summed E-state index contributed by atoms with van der Waals surface area (Å²) in [6.45, 7) is 5.07. The molecule has 210 valence electrons. The molecule has 9 heteroatoms. The number of ether oxygens (including phenoxy) is 3. The second-order valence-electron chi connectivity index (χ2n) is 8.86. The molecule has 0 aromatic heterocycles. The summed E-state index contributed by atoms with van der Waals surface area (Å²) >= 11 is 0. The van der Waals surface area contributed by atoms with Crippen LogP contribution >= 0.6 is 0 Å². The van der Waals surface area contributed by atoms with Gasteiger partial charge in [0.05, 0.1) is 14.2 Å². The molecular formula is C31H35N3O6. The zero-order valence-electron chi connectivity index (χ0n) is 23.2. The van der Waals surface area contributed by atoms with Gasteiger partial charge in [0.25, 0.3) is 5.91 Å². The van der Waals surface area contributed by atoms with E-state index in [0.717, 1.165) is 16.7 Å². The first kappa shape index (κ1) is 29.8. The van der Waals surface area contributed by atoms with Crippen LogP contribution in [0.1, 0.15) is 37.0 Å². The molecule has 0 atom stereocenters. The Morgan fingerprint density at radius 2 is 1.38 bits per heavy atom. The number of amides is 4. The standard InChI is InChI=1S/C31H35N3O6/c1-5-34(6-2)30(36)28(19-22-17-26(38-3)20-27(18-22)39-4)23-10-14-25(15-11-23)40-24-12-7-21(8-13-24)9-16-29(35)33-31(32)37/h7-8,10-15,17-20H,5-6,9,16H2,1-4H3,(H3,32,33,35,37)/b28-19+. The molecule has 0 radical (unpaired) electrons. The van der Waals surface area contributed by atoms with Crippen molar-refractivity contribution >= 4 is 29.5 Å². The summed E-state index contributed by atoms with van der Waals surface area (Å²) in [5.41, 5.74) is 7.94. The van der Waals surface area contributed by atoms with E-state index in [-0.39, 0.29) is 12.3 Å². The molecule has 0 heterocycles. The van der Waals surface area contributed by atoms with Gasteiger partial charge in [-0.3, -0.25) is 14.9 Å². The van der Waals surface area contributed by atoms with Gasteiger partial charge >= 0.3 is 6.03 Å². The summed E-state index contributed by atoms with van der Waals surface area (Å²) in [5, 5.41) is 2.05. The lowest BCUT2D eigenvalue weighted by Gasteiger charge is -2.21. The highest BCUT2D eigenvalue weighted by atomic mass is 16.5. The first-order valence-electron chi connectivity index (χ1n) is 13.0. The summed E-state index contributed by atoms with van der Waals surface area (Å²) in [4.78, 5) is 37.6. The molecule has 3 aromatic rings. The van der Waals surface area contributed by atoms with E-state index in [1.165, 1.54) is 0 Å². The summed E-state index contributed by atoms with van der Waals surface area (Å²) < 4.78 is 16.8. The molecule has 0 fully saturated rings. The van der Waals surface area contributed by atoms with Gasteiger partial charge in [-0.2, -0.15) is 0 Å². The number of rotatable bonds is 12. The number of primary amides is 1. The number of carbonyl (C=O) groups is 3. The molecule has 0 saturated heterocycles. The molecule has 3 aromatic carbocycles. The van der Waals surface area contributed by atoms with Crippen molar-refractivity contribution in [3.05, 3.63) is 83.4 Å². The smallest absolute Gasteiger partial charge is 0.318 e. The molecule has 3 N–H and O–H groups in total. The molecule has 0 spiro atoms. The van der Waals surface area contributed by atoms with Crippen molar-refractivity contribution in [2.45, 2.75) is 26.7 Å². The molecule has 3 rings (SSSR count). The predicted octanol–water partition coefficient (Wildman–Crippen LogP) is 5.03. The first-order chi connectivity index (χ1) is 19.3. The summed E-state index contributed by atoms with van der Waals surface area (Å²) in [5.74, 6) is 1.98. The van der Waals surface area contributed by atoms with E-state index in [4.69, 9.17) is 19.9 Å². The Kier molecular flexibility index (Phi) is 10.7. The van der Waals surface area contributed by atoms with Gasteiger partial charge in [0, 0.05) is 31.1 Å². The van der Waals surface area contributed by atoms with Crippen LogP contribution in [0, 0.1) is 0 Å². The minimum absolute atomic E-state index is 0.0828. The molecule has 0 bridgehead atoms. The largest absolute Gasteiger partial charge is 0.497 e. The number of aryl methyl sites for hydroxylation is 1. The Balaban J connectivity index is 1.80. The SMILES string of the molecule is CCN(CC)C(=O)/C(=C/c1cc(OC)cc(OC)c1)c1ccc(Oc2ccc(CCC(=O)NC(N)=O)cc2)cc1. The summed E-state index contributed by atoms with van der Waals surface area (Å²) in [6, 6.07) is 19.3. The maximum absolute atomic E-state index is 13.5. The second-order valence-corrected chi connectivity index (χ2v) is 8.86. The van der Waals surface area contributed by atoms with Gasteiger partial charge in [0.1, 0.15) is 23.0 Å². The number of methoxy groups -OCH3 is 2. The average Bonchev–Trinajstić information content (AvgIpc) is 2.96. The maximum atomic E-state index is 13.5. The van der Waals surface area contributed by atoms with E-state index in [0.29, 0.717) is 48.1 Å². The van der Waals surface area contributed by atoms with Gasteiger partial charge in [0.2, 0.25) is 5.91 Å². The second kappa shape index (κ2) is 14.4. The van der Waals surface area contributed by atoms with Crippen molar-refractivity contribution in [1.29, 1.82) is 0 Å². The first-order valence-corrected chi connectivity index (χ1v) is 13.0. The van der Waals surface area contributed by atoms with E-state index >= 15 is 0 Å². The van der Waals surface area contributed by atoms with Crippen LogP contribution in [-0.4, -0.2) is 50.1 Å². The fourth-order valence-electron chi connectivity index (χ4n) is 4.05. The minimum atomic E-state index is -0.861. The Morgan fingerprint density at radius 1 is 0.825 bits per heavy atom. The summed E-state index contributed by atoms with van der Waals surface area (Å²) in [6.07, 6.45) is 2.45. The zero-order valence-corrected chi connectivity index (χ0v) is 23.2. The van der Waals surface area contributed by atoms with Crippen molar-refractivity contribution in [3.8, 4) is 23.0 Å². The molecule has 40 heavy (non-hydrogen) atoms. The molecule has 9 nitrogen and oxygen atoms in total. The zero-order chi connectivity index (χ0) is 29.1. The van der Waals surface area contributed by atoms with Crippen LogP contribution in [0.4, 0.5) is 4.79 Å². The van der Waals surface area contributed by atoms with Gasteiger partial charge in [-0.25, -0.2) is 4.79 Å². The molecular weight excluding hydrogens is 510 g/mol. The van der Waals surface area contributed by atoms with Gasteiger partial charge in [-0.1, -0.05) is 24.3 Å². The van der Waals surface area contributed by atoms with E-state index in [1.807, 2.05) is 73.8 Å². The monoisotopic (exact) mass is 545 g/mol. The Labute approximate surface area is 234 Å². The number of urea groups is 1. The lowest BCUT2D eigenvalue weighted by atomic mass is 10.0. The lowest BCUT2D eigenvalue weighted by Crippen LogP contribution is -2.35. The van der Waals surface area contributed by atoms with E-state index in [9.17, 15) is 14.4 Å². The normalized spacial score (nSPS) is 10.9. The number of imide groups is 1. The van der Waals surface area contributed by atoms with Crippen LogP contribution in [0.25, 0.3) is 11.6 Å². The number of hydrogen-bond donors (Lipinski definition) is 2. The van der Waals surface area contributed by atoms with Gasteiger partial charge in [-0.05, 0) is 79.4 Å². The van der Waals surface area contributed by atoms with Crippen molar-refractivity contribution in [2.75, 3.05) is 27.3 Å². The number of carbonyl (C=O) groups excluding carboxylic acids is 3. The van der Waals surface area contributed by atoms with E-state index in [2.05, 4.69) is 0 Å². The van der Waals surface area contributed by atoms with Crippen LogP contribution < -0.4 is 25.3 Å². The van der Waals surface area contributed by atoms with Crippen molar-refractivity contribution in [1.82, 2.24) is 10.2 Å². The van der Waals surface area contributed by atoms with Crippen molar-refractivity contribution in [3.63, 3.8) is 0 Å². The highest BCUT2D eigenvalue weighted by Gasteiger charge is 2.18. The van der Waals surface area contributed by atoms with Crippen molar-refractivity contribution < 1.29 is 28.6 Å². The number of hydrogen-bond acceptors (Lipinski definition) is 6. The van der Waals surface area contributed by atoms with Gasteiger partial charge < -0.3 is 24.8 Å². The van der Waals surface area contributed by atoms with E-state index < -0.39 is 11.9 Å². The average molecular weight is 546 g/mol. The van der Waals surface area contributed by atoms with Crippen LogP contribution in [0.15, 0.2) is 66.7 Å². The molecule has 0 aliphatic carbocycles. The highest BCUT2D eigenvalue weighted by Crippen LogP contribution is 2.29. The Bertz CT molecular complexity index is 1320. The predicted molar refractivity (Wildman–Crippen MR) is 154 cm³/mol. The molecule has 0 aliphatic rings. The third kappa shape index (κ3) is 8.36. The van der Waals surface area contributed by atoms with Gasteiger partial charge in [0.15, 0.2) is 0 Å². The topological polar surface area (TPSA) is 120 Å². The van der Waals surface area contributed by atoms with Gasteiger partial charge in [-0.15, -0.1) is 0 Å². The molecule has 0 aliphatic heterocycles. The Morgan fingerprint density at radius 3 is 1.88 bits per heavy atom. The van der Waals surface area contributed by atoms with Crippen molar-refractivity contribution in [2.24, 2.45) is 5.73 Å². The fraction of sp³-hybridized carbons (Fsp3) is 0.258. The third-order valence-corrected chi connectivity index (χ3v) is 6.19. The summed E-state index contributed by atoms with van der Waals surface area (Å²) in [7, 11) is 3.17. The van der Waals surface area contributed by atoms with Crippen LogP contribution in [0.2, 0.25) is 0 Å². The lowest BCUT2D eigenvalue weighted by molar-refractivity contribution is -0.124. The van der Waals surface area contributed by atoms with E-state index in [1.54, 1.807) is 37.3 Å². The van der Waals surface area contributed by atoms with Crippen LogP contribution in [-0.2, 0) is 16.0 Å². The molecule has 0 saturated carbocycles. The molecule has 0 unspecified atom stereocenters. The Hall–Kier alpha value is -4.79. The number of likely N-dealkylation sites (N-methyl/N-ethyl adjacent to an activating group) is 1. The number of nitrogens with two attached hydrogens (primary N) is 1. The maximum Gasteiger partial charge on any atom is 0.318 e. The van der Waals surface area contributed by atoms with Crippen LogP contribution in [0.3, 0.4) is 0 Å². The number of benzene rings is 3. The number of nitrogens with one attached hydrogen (secondary N) is 1. The van der Waals surface area contributed by atoms with Crippen LogP contribution in [0.5, 0.6) is 23.0 Å². The molecule has 4 amide bonds. The highest BCUT2D eigenvalue weighted by molar-refractivity contribution is 6.24. The minimum Gasteiger partial charge on any atom is -0.497 e.